The Kier molecular flexibility index (Phi) is 7.92. The van der Waals surface area contributed by atoms with Gasteiger partial charge in [0, 0.05) is 56.2 Å². The predicted molar refractivity (Wildman–Crippen MR) is 257 cm³/mol. The van der Waals surface area contributed by atoms with Crippen molar-refractivity contribution in [2.24, 2.45) is 0 Å². The van der Waals surface area contributed by atoms with E-state index in [9.17, 15) is 0 Å². The van der Waals surface area contributed by atoms with Gasteiger partial charge in [-0.2, -0.15) is 0 Å². The number of rotatable bonds is 5. The van der Waals surface area contributed by atoms with Gasteiger partial charge in [0.25, 0.3) is 0 Å². The molecule has 0 bridgehead atoms. The Bertz CT molecular complexity index is 3250. The average Bonchev–Trinajstić information content (AvgIpc) is 3.69. The van der Waals surface area contributed by atoms with Gasteiger partial charge in [-0.3, -0.25) is 9.97 Å². The molecule has 12 rings (SSSR count). The lowest BCUT2D eigenvalue weighted by Gasteiger charge is -2.21. The topological polar surface area (TPSA) is 38.7 Å². The van der Waals surface area contributed by atoms with Crippen LogP contribution in [0.5, 0.6) is 0 Å². The first-order valence-electron chi connectivity index (χ1n) is 21.6. The van der Waals surface area contributed by atoms with Gasteiger partial charge in [-0.1, -0.05) is 149 Å². The van der Waals surface area contributed by atoms with Crippen LogP contribution in [0.3, 0.4) is 0 Å². The molecule has 0 radical (unpaired) electrons. The van der Waals surface area contributed by atoms with E-state index in [4.69, 9.17) is 15.0 Å². The van der Waals surface area contributed by atoms with Crippen molar-refractivity contribution in [3.63, 3.8) is 0 Å². The lowest BCUT2D eigenvalue weighted by molar-refractivity contribution is 0.660. The van der Waals surface area contributed by atoms with Crippen molar-refractivity contribution in [1.82, 2.24) is 15.0 Å². The number of pyridine rings is 3. The smallest absolute Gasteiger partial charge is 0.0780 e. The number of aromatic nitrogens is 3. The predicted octanol–water partition coefficient (Wildman–Crippen LogP) is 15.1. The Balaban J connectivity index is 1.11. The van der Waals surface area contributed by atoms with Crippen LogP contribution >= 0.6 is 0 Å². The van der Waals surface area contributed by atoms with E-state index < -0.39 is 0 Å². The fourth-order valence-corrected chi connectivity index (χ4v) is 10.5. The maximum atomic E-state index is 5.55. The fraction of sp³-hybridized carbons (Fsp3) is 0.102. The molecule has 2 aliphatic carbocycles. The molecule has 0 N–H and O–H groups in total. The summed E-state index contributed by atoms with van der Waals surface area (Å²) in [6.45, 7) is 9.34. The van der Waals surface area contributed by atoms with Gasteiger partial charge < -0.3 is 0 Å². The van der Waals surface area contributed by atoms with Crippen LogP contribution < -0.4 is 0 Å². The van der Waals surface area contributed by atoms with E-state index in [0.717, 1.165) is 77.7 Å². The monoisotopic (exact) mass is 793 g/mol. The van der Waals surface area contributed by atoms with Gasteiger partial charge in [0.05, 0.1) is 22.8 Å². The highest BCUT2D eigenvalue weighted by Crippen LogP contribution is 2.51. The van der Waals surface area contributed by atoms with Gasteiger partial charge in [-0.05, 0) is 121 Å². The summed E-state index contributed by atoms with van der Waals surface area (Å²) in [6.07, 6.45) is 3.84. The largest absolute Gasteiger partial charge is 0.256 e. The highest BCUT2D eigenvalue weighted by molar-refractivity contribution is 5.99. The standard InChI is InChI=1S/C59H43N3/c1-58(2)50-19-11-9-17-46(50)48-32-38(21-23-52(48)58)54-34-41(35-55(62-54)39-22-24-53-49(33-39)47-18-10-12-20-51(47)59(53,3)4)40-29-42(56-44-15-7-5-13-36(44)25-27-60-56)31-43(30-40)57-45-16-8-6-14-37(45)26-28-61-57/h5-35H,1-4H3. The van der Waals surface area contributed by atoms with E-state index >= 15 is 0 Å². The maximum absolute atomic E-state index is 5.55. The Morgan fingerprint density at radius 2 is 0.726 bits per heavy atom. The van der Waals surface area contributed by atoms with Crippen molar-refractivity contribution in [1.29, 1.82) is 0 Å². The fourth-order valence-electron chi connectivity index (χ4n) is 10.5. The molecule has 0 amide bonds. The van der Waals surface area contributed by atoms with Crippen LogP contribution in [0.15, 0.2) is 188 Å². The number of benzene rings is 7. The van der Waals surface area contributed by atoms with Crippen LogP contribution in [0.2, 0.25) is 0 Å². The second kappa shape index (κ2) is 13.5. The highest BCUT2D eigenvalue weighted by Gasteiger charge is 2.36. The van der Waals surface area contributed by atoms with E-state index in [2.05, 4.69) is 204 Å². The minimum Gasteiger partial charge on any atom is -0.256 e. The molecule has 0 unspecified atom stereocenters. The Hall–Kier alpha value is -7.49. The van der Waals surface area contributed by atoms with E-state index in [1.807, 2.05) is 12.4 Å². The third kappa shape index (κ3) is 5.55. The van der Waals surface area contributed by atoms with E-state index in [1.54, 1.807) is 0 Å². The van der Waals surface area contributed by atoms with E-state index in [0.29, 0.717) is 0 Å². The molecule has 0 fully saturated rings. The van der Waals surface area contributed by atoms with Crippen molar-refractivity contribution in [2.75, 3.05) is 0 Å². The number of hydrogen-bond donors (Lipinski definition) is 0. The van der Waals surface area contributed by atoms with Crippen molar-refractivity contribution < 1.29 is 0 Å². The molecular formula is C59H43N3. The molecule has 0 saturated heterocycles. The molecule has 0 saturated carbocycles. The van der Waals surface area contributed by atoms with Crippen molar-refractivity contribution in [3.8, 4) is 78.4 Å². The zero-order chi connectivity index (χ0) is 41.7. The molecule has 0 atom stereocenters. The van der Waals surface area contributed by atoms with Gasteiger partial charge in [0.15, 0.2) is 0 Å². The second-order valence-electron chi connectivity index (χ2n) is 18.0. The number of hydrogen-bond acceptors (Lipinski definition) is 3. The molecule has 3 heteroatoms. The molecule has 10 aromatic rings. The Labute approximate surface area is 362 Å². The van der Waals surface area contributed by atoms with E-state index in [-0.39, 0.29) is 10.8 Å². The maximum Gasteiger partial charge on any atom is 0.0780 e. The van der Waals surface area contributed by atoms with E-state index in [1.165, 1.54) is 44.5 Å². The normalized spacial score (nSPS) is 14.1. The zero-order valence-corrected chi connectivity index (χ0v) is 35.2. The summed E-state index contributed by atoms with van der Waals surface area (Å²) < 4.78 is 0. The third-order valence-electron chi connectivity index (χ3n) is 13.7. The van der Waals surface area contributed by atoms with Crippen LogP contribution in [0.1, 0.15) is 49.9 Å². The first-order valence-corrected chi connectivity index (χ1v) is 21.6. The molecule has 3 heterocycles. The van der Waals surface area contributed by atoms with Gasteiger partial charge in [0.2, 0.25) is 0 Å². The summed E-state index contributed by atoms with van der Waals surface area (Å²) in [7, 11) is 0. The van der Waals surface area contributed by atoms with Crippen LogP contribution in [0.25, 0.3) is 100.0 Å². The molecule has 7 aromatic carbocycles. The van der Waals surface area contributed by atoms with Gasteiger partial charge in [0.1, 0.15) is 0 Å². The van der Waals surface area contributed by atoms with Crippen LogP contribution in [-0.4, -0.2) is 15.0 Å². The summed E-state index contributed by atoms with van der Waals surface area (Å²) >= 11 is 0. The Morgan fingerprint density at radius 3 is 1.23 bits per heavy atom. The van der Waals surface area contributed by atoms with Crippen molar-refractivity contribution in [3.05, 3.63) is 211 Å². The highest BCUT2D eigenvalue weighted by atomic mass is 14.7. The molecule has 0 spiro atoms. The van der Waals surface area contributed by atoms with Gasteiger partial charge in [-0.25, -0.2) is 4.98 Å². The number of nitrogens with zero attached hydrogens (tertiary/aromatic N) is 3. The summed E-state index contributed by atoms with van der Waals surface area (Å²) in [6, 6.07) is 64.2. The third-order valence-corrected chi connectivity index (χ3v) is 13.7. The Morgan fingerprint density at radius 1 is 0.323 bits per heavy atom. The van der Waals surface area contributed by atoms with Crippen LogP contribution in [0, 0.1) is 0 Å². The molecule has 3 nitrogen and oxygen atoms in total. The quantitative estimate of drug-likeness (QED) is 0.174. The molecular weight excluding hydrogens is 751 g/mol. The SMILES string of the molecule is CC1(C)c2ccccc2-c2cc(-c3cc(-c4cc(-c5nccc6ccccc56)cc(-c5nccc6ccccc56)c4)cc(-c4ccc5c(c4)-c4ccccc4C5(C)C)n3)ccc21. The van der Waals surface area contributed by atoms with Crippen molar-refractivity contribution >= 4 is 21.5 Å². The molecule has 62 heavy (non-hydrogen) atoms. The van der Waals surface area contributed by atoms with Crippen molar-refractivity contribution in [2.45, 2.75) is 38.5 Å². The van der Waals surface area contributed by atoms with Crippen LogP contribution in [0.4, 0.5) is 0 Å². The summed E-state index contributed by atoms with van der Waals surface area (Å²) in [4.78, 5) is 15.6. The van der Waals surface area contributed by atoms with Crippen LogP contribution in [-0.2, 0) is 10.8 Å². The minimum absolute atomic E-state index is 0.0818. The lowest BCUT2D eigenvalue weighted by atomic mass is 9.82. The number of fused-ring (bicyclic) bond motifs is 8. The first kappa shape index (κ1) is 36.4. The zero-order valence-electron chi connectivity index (χ0n) is 35.2. The molecule has 0 aliphatic heterocycles. The second-order valence-corrected chi connectivity index (χ2v) is 18.0. The van der Waals surface area contributed by atoms with Gasteiger partial charge in [-0.15, -0.1) is 0 Å². The molecule has 3 aromatic heterocycles. The molecule has 2 aliphatic rings. The lowest BCUT2D eigenvalue weighted by Crippen LogP contribution is -2.14. The first-order chi connectivity index (χ1) is 30.2. The minimum atomic E-state index is -0.0818. The summed E-state index contributed by atoms with van der Waals surface area (Å²) in [5, 5.41) is 4.54. The van der Waals surface area contributed by atoms with Gasteiger partial charge >= 0.3 is 0 Å². The average molecular weight is 794 g/mol. The summed E-state index contributed by atoms with van der Waals surface area (Å²) in [5.74, 6) is 0. The summed E-state index contributed by atoms with van der Waals surface area (Å²) in [5.41, 5.74) is 20.6. The molecule has 294 valence electrons.